The van der Waals surface area contributed by atoms with E-state index in [0.29, 0.717) is 18.8 Å². The lowest BCUT2D eigenvalue weighted by atomic mass is 9.94. The van der Waals surface area contributed by atoms with E-state index in [0.717, 1.165) is 5.56 Å². The fraction of sp³-hybridized carbons (Fsp3) is 0.333. The molecule has 0 fully saturated rings. The Balaban J connectivity index is 2.19. The standard InChI is InChI=1S/C18H21NO4/c1-18(2,3)17(22)19(12-15-5-4-10-23-15)11-13-6-8-14(9-7-13)16(20)21/h4-10H,11-12H2,1-3H3,(H,20,21). The fourth-order valence-electron chi connectivity index (χ4n) is 2.24. The maximum absolute atomic E-state index is 12.7. The van der Waals surface area contributed by atoms with Crippen molar-refractivity contribution in [3.8, 4) is 0 Å². The monoisotopic (exact) mass is 315 g/mol. The number of amides is 1. The van der Waals surface area contributed by atoms with Gasteiger partial charge in [-0.2, -0.15) is 0 Å². The van der Waals surface area contributed by atoms with E-state index < -0.39 is 11.4 Å². The minimum absolute atomic E-state index is 0.0104. The molecule has 1 heterocycles. The third kappa shape index (κ3) is 4.45. The first-order valence-electron chi connectivity index (χ1n) is 7.41. The van der Waals surface area contributed by atoms with Crippen LogP contribution in [0.5, 0.6) is 0 Å². The SMILES string of the molecule is CC(C)(C)C(=O)N(Cc1ccc(C(=O)O)cc1)Cc1ccco1. The number of carbonyl (C=O) groups excluding carboxylic acids is 1. The number of hydrogen-bond donors (Lipinski definition) is 1. The number of benzene rings is 1. The van der Waals surface area contributed by atoms with Gasteiger partial charge >= 0.3 is 5.97 Å². The van der Waals surface area contributed by atoms with E-state index in [9.17, 15) is 9.59 Å². The average Bonchev–Trinajstić information content (AvgIpc) is 2.98. The van der Waals surface area contributed by atoms with Crippen molar-refractivity contribution in [2.45, 2.75) is 33.9 Å². The van der Waals surface area contributed by atoms with E-state index in [1.165, 1.54) is 0 Å². The highest BCUT2D eigenvalue weighted by Gasteiger charge is 2.28. The summed E-state index contributed by atoms with van der Waals surface area (Å²) in [6, 6.07) is 10.2. The van der Waals surface area contributed by atoms with E-state index in [4.69, 9.17) is 9.52 Å². The molecule has 1 aromatic carbocycles. The summed E-state index contributed by atoms with van der Waals surface area (Å²) in [5.41, 5.74) is 0.598. The lowest BCUT2D eigenvalue weighted by Crippen LogP contribution is -2.38. The lowest BCUT2D eigenvalue weighted by molar-refractivity contribution is -0.141. The average molecular weight is 315 g/mol. The molecule has 0 aliphatic rings. The van der Waals surface area contributed by atoms with E-state index in [2.05, 4.69) is 0 Å². The van der Waals surface area contributed by atoms with Gasteiger partial charge in [0.25, 0.3) is 0 Å². The molecule has 1 amide bonds. The molecule has 0 radical (unpaired) electrons. The van der Waals surface area contributed by atoms with Crippen LogP contribution in [0.2, 0.25) is 0 Å². The molecule has 2 aromatic rings. The van der Waals surface area contributed by atoms with E-state index in [1.54, 1.807) is 41.5 Å². The summed E-state index contributed by atoms with van der Waals surface area (Å²) in [7, 11) is 0. The van der Waals surface area contributed by atoms with Crippen molar-refractivity contribution in [3.63, 3.8) is 0 Å². The van der Waals surface area contributed by atoms with Crippen LogP contribution in [0.3, 0.4) is 0 Å². The van der Waals surface area contributed by atoms with Gasteiger partial charge in [-0.05, 0) is 29.8 Å². The normalized spacial score (nSPS) is 11.3. The first-order valence-corrected chi connectivity index (χ1v) is 7.41. The van der Waals surface area contributed by atoms with Gasteiger partial charge in [-0.1, -0.05) is 32.9 Å². The molecular formula is C18H21NO4. The summed E-state index contributed by atoms with van der Waals surface area (Å²) in [6.45, 7) is 6.40. The van der Waals surface area contributed by atoms with Crippen LogP contribution in [0.4, 0.5) is 0 Å². The van der Waals surface area contributed by atoms with Crippen LogP contribution in [0, 0.1) is 5.41 Å². The number of carbonyl (C=O) groups is 2. The van der Waals surface area contributed by atoms with Crippen LogP contribution < -0.4 is 0 Å². The van der Waals surface area contributed by atoms with Crippen LogP contribution in [0.15, 0.2) is 47.1 Å². The molecule has 23 heavy (non-hydrogen) atoms. The number of carboxylic acids is 1. The number of rotatable bonds is 5. The van der Waals surface area contributed by atoms with Crippen LogP contribution in [0.25, 0.3) is 0 Å². The molecule has 0 unspecified atom stereocenters. The molecule has 0 saturated heterocycles. The Kier molecular flexibility index (Phi) is 4.89. The second kappa shape index (κ2) is 6.69. The van der Waals surface area contributed by atoms with Gasteiger partial charge in [-0.15, -0.1) is 0 Å². The summed E-state index contributed by atoms with van der Waals surface area (Å²) < 4.78 is 5.34. The van der Waals surface area contributed by atoms with Crippen molar-refractivity contribution in [3.05, 3.63) is 59.5 Å². The van der Waals surface area contributed by atoms with Crippen molar-refractivity contribution in [2.24, 2.45) is 5.41 Å². The quantitative estimate of drug-likeness (QED) is 0.916. The number of nitrogens with zero attached hydrogens (tertiary/aromatic N) is 1. The Morgan fingerprint density at radius 2 is 1.74 bits per heavy atom. The predicted molar refractivity (Wildman–Crippen MR) is 85.8 cm³/mol. The summed E-state index contributed by atoms with van der Waals surface area (Å²) in [5, 5.41) is 8.95. The highest BCUT2D eigenvalue weighted by molar-refractivity contribution is 5.87. The largest absolute Gasteiger partial charge is 0.478 e. The maximum Gasteiger partial charge on any atom is 0.335 e. The maximum atomic E-state index is 12.7. The first-order chi connectivity index (χ1) is 10.8. The zero-order chi connectivity index (χ0) is 17.0. The van der Waals surface area contributed by atoms with Crippen LogP contribution >= 0.6 is 0 Å². The number of furan rings is 1. The highest BCUT2D eigenvalue weighted by atomic mass is 16.4. The topological polar surface area (TPSA) is 70.8 Å². The molecule has 1 aromatic heterocycles. The van der Waals surface area contributed by atoms with Gasteiger partial charge in [0.15, 0.2) is 0 Å². The van der Waals surface area contributed by atoms with E-state index in [1.807, 2.05) is 26.8 Å². The van der Waals surface area contributed by atoms with Gasteiger partial charge in [0, 0.05) is 12.0 Å². The van der Waals surface area contributed by atoms with Crippen molar-refractivity contribution in [2.75, 3.05) is 0 Å². The molecule has 0 bridgehead atoms. The molecule has 2 rings (SSSR count). The molecule has 0 aliphatic carbocycles. The third-order valence-electron chi connectivity index (χ3n) is 3.43. The van der Waals surface area contributed by atoms with Gasteiger partial charge in [-0.3, -0.25) is 4.79 Å². The van der Waals surface area contributed by atoms with Crippen LogP contribution in [0.1, 0.15) is 42.5 Å². The lowest BCUT2D eigenvalue weighted by Gasteiger charge is -2.29. The summed E-state index contributed by atoms with van der Waals surface area (Å²) >= 11 is 0. The van der Waals surface area contributed by atoms with Gasteiger partial charge in [-0.25, -0.2) is 4.79 Å². The zero-order valence-corrected chi connectivity index (χ0v) is 13.6. The molecule has 1 N–H and O–H groups in total. The first kappa shape index (κ1) is 16.8. The fourth-order valence-corrected chi connectivity index (χ4v) is 2.24. The smallest absolute Gasteiger partial charge is 0.335 e. The minimum atomic E-state index is -0.963. The Bertz CT molecular complexity index is 666. The molecule has 0 spiro atoms. The van der Waals surface area contributed by atoms with Gasteiger partial charge < -0.3 is 14.4 Å². The molecule has 0 saturated carbocycles. The van der Waals surface area contributed by atoms with Gasteiger partial charge in [0.1, 0.15) is 5.76 Å². The molecule has 122 valence electrons. The molecule has 5 heteroatoms. The van der Waals surface area contributed by atoms with Gasteiger partial charge in [0.2, 0.25) is 5.91 Å². The third-order valence-corrected chi connectivity index (χ3v) is 3.43. The number of aromatic carboxylic acids is 1. The molecule has 0 aliphatic heterocycles. The van der Waals surface area contributed by atoms with E-state index in [-0.39, 0.29) is 11.5 Å². The summed E-state index contributed by atoms with van der Waals surface area (Å²) in [6.07, 6.45) is 1.58. The minimum Gasteiger partial charge on any atom is -0.478 e. The highest BCUT2D eigenvalue weighted by Crippen LogP contribution is 2.21. The Labute approximate surface area is 135 Å². The summed E-state index contributed by atoms with van der Waals surface area (Å²) in [4.78, 5) is 25.3. The number of hydrogen-bond acceptors (Lipinski definition) is 3. The summed E-state index contributed by atoms with van der Waals surface area (Å²) in [5.74, 6) is -0.240. The van der Waals surface area contributed by atoms with Crippen molar-refractivity contribution in [1.82, 2.24) is 4.90 Å². The Morgan fingerprint density at radius 3 is 2.22 bits per heavy atom. The van der Waals surface area contributed by atoms with Crippen LogP contribution in [-0.4, -0.2) is 21.9 Å². The van der Waals surface area contributed by atoms with Crippen molar-refractivity contribution < 1.29 is 19.1 Å². The second-order valence-corrected chi connectivity index (χ2v) is 6.49. The number of carboxylic acid groups (broad SMARTS) is 1. The predicted octanol–water partition coefficient (Wildman–Crippen LogP) is 3.55. The van der Waals surface area contributed by atoms with Gasteiger partial charge in [0.05, 0.1) is 18.4 Å². The van der Waals surface area contributed by atoms with Crippen molar-refractivity contribution >= 4 is 11.9 Å². The van der Waals surface area contributed by atoms with Crippen LogP contribution in [-0.2, 0) is 17.9 Å². The molecule has 0 atom stereocenters. The second-order valence-electron chi connectivity index (χ2n) is 6.49. The Hall–Kier alpha value is -2.56. The molecule has 5 nitrogen and oxygen atoms in total. The zero-order valence-electron chi connectivity index (χ0n) is 13.6. The van der Waals surface area contributed by atoms with E-state index >= 15 is 0 Å². The van der Waals surface area contributed by atoms with Crippen molar-refractivity contribution in [1.29, 1.82) is 0 Å². The Morgan fingerprint density at radius 1 is 1.09 bits per heavy atom. The molecular weight excluding hydrogens is 294 g/mol.